The van der Waals surface area contributed by atoms with E-state index >= 15 is 0 Å². The van der Waals surface area contributed by atoms with Crippen LogP contribution in [0.5, 0.6) is 11.9 Å². The van der Waals surface area contributed by atoms with E-state index in [1.165, 1.54) is 37.6 Å². The third-order valence-corrected chi connectivity index (χ3v) is 3.57. The van der Waals surface area contributed by atoms with Gasteiger partial charge in [-0.3, -0.25) is 0 Å². The van der Waals surface area contributed by atoms with E-state index in [1.807, 2.05) is 6.20 Å². The predicted octanol–water partition coefficient (Wildman–Crippen LogP) is 2.43. The molecule has 0 bridgehead atoms. The largest absolute Gasteiger partial charge is 0.480 e. The van der Waals surface area contributed by atoms with Gasteiger partial charge in [0.15, 0.2) is 0 Å². The number of allylic oxidation sites excluding steroid dienone is 4. The molecule has 1 fully saturated rings. The van der Waals surface area contributed by atoms with E-state index in [-0.39, 0.29) is 0 Å². The standard InChI is InChI=1S/C15H17N3O2/c1-19-14-12(9-17-15(18-14)20-2)11-6-7-13(16-8-11)10-4-3-5-10/h6-9,16H,3-5H2,1-2H3. The highest BCUT2D eigenvalue weighted by atomic mass is 16.5. The molecule has 0 aromatic carbocycles. The first-order chi connectivity index (χ1) is 9.81. The number of rotatable bonds is 3. The van der Waals surface area contributed by atoms with E-state index in [1.54, 1.807) is 13.3 Å². The average molecular weight is 271 g/mol. The van der Waals surface area contributed by atoms with Gasteiger partial charge in [0.25, 0.3) is 0 Å². The lowest BCUT2D eigenvalue weighted by molar-refractivity contribution is 0.351. The van der Waals surface area contributed by atoms with Crippen molar-refractivity contribution in [3.63, 3.8) is 0 Å². The molecule has 2 aliphatic rings. The summed E-state index contributed by atoms with van der Waals surface area (Å²) in [7, 11) is 3.13. The first-order valence-electron chi connectivity index (χ1n) is 6.64. The minimum atomic E-state index is 0.302. The molecule has 5 heteroatoms. The Kier molecular flexibility index (Phi) is 3.41. The molecule has 0 spiro atoms. The molecule has 0 unspecified atom stereocenters. The molecule has 0 amide bonds. The second-order valence-electron chi connectivity index (χ2n) is 4.73. The molecule has 20 heavy (non-hydrogen) atoms. The second kappa shape index (κ2) is 5.36. The summed E-state index contributed by atoms with van der Waals surface area (Å²) in [6.07, 6.45) is 11.5. The van der Waals surface area contributed by atoms with Gasteiger partial charge >= 0.3 is 6.01 Å². The molecule has 0 saturated heterocycles. The molecule has 0 radical (unpaired) electrons. The lowest BCUT2D eigenvalue weighted by atomic mass is 9.89. The molecule has 5 nitrogen and oxygen atoms in total. The van der Waals surface area contributed by atoms with Crippen LogP contribution in [0.4, 0.5) is 0 Å². The Bertz CT molecular complexity index is 612. The Labute approximate surface area is 118 Å². The molecular weight excluding hydrogens is 254 g/mol. The number of hydrogen-bond donors (Lipinski definition) is 1. The molecule has 3 rings (SSSR count). The van der Waals surface area contributed by atoms with Crippen LogP contribution in [0.15, 0.2) is 35.8 Å². The van der Waals surface area contributed by atoms with E-state index < -0.39 is 0 Å². The summed E-state index contributed by atoms with van der Waals surface area (Å²) in [5.41, 5.74) is 4.55. The maximum absolute atomic E-state index is 5.30. The van der Waals surface area contributed by atoms with E-state index in [4.69, 9.17) is 9.47 Å². The van der Waals surface area contributed by atoms with Crippen LogP contribution in [0.1, 0.15) is 24.8 Å². The summed E-state index contributed by atoms with van der Waals surface area (Å²) >= 11 is 0. The van der Waals surface area contributed by atoms with Crippen LogP contribution in [0.25, 0.3) is 5.57 Å². The minimum Gasteiger partial charge on any atom is -0.480 e. The van der Waals surface area contributed by atoms with Gasteiger partial charge in [0.1, 0.15) is 0 Å². The van der Waals surface area contributed by atoms with Crippen LogP contribution in [-0.2, 0) is 0 Å². The number of nitrogens with zero attached hydrogens (tertiary/aromatic N) is 2. The van der Waals surface area contributed by atoms with Crippen molar-refractivity contribution in [3.8, 4) is 11.9 Å². The van der Waals surface area contributed by atoms with Crippen molar-refractivity contribution >= 4 is 5.57 Å². The van der Waals surface area contributed by atoms with Gasteiger partial charge in [-0.05, 0) is 30.9 Å². The monoisotopic (exact) mass is 271 g/mol. The van der Waals surface area contributed by atoms with Gasteiger partial charge in [-0.1, -0.05) is 6.08 Å². The van der Waals surface area contributed by atoms with Crippen molar-refractivity contribution in [1.82, 2.24) is 15.3 Å². The minimum absolute atomic E-state index is 0.302. The quantitative estimate of drug-likeness (QED) is 0.915. The molecule has 2 heterocycles. The highest BCUT2D eigenvalue weighted by molar-refractivity contribution is 5.78. The van der Waals surface area contributed by atoms with Crippen molar-refractivity contribution in [2.45, 2.75) is 19.3 Å². The van der Waals surface area contributed by atoms with Gasteiger partial charge in [0.05, 0.1) is 19.8 Å². The molecule has 1 saturated carbocycles. The van der Waals surface area contributed by atoms with Crippen LogP contribution >= 0.6 is 0 Å². The summed E-state index contributed by atoms with van der Waals surface area (Å²) in [5, 5.41) is 3.34. The molecule has 104 valence electrons. The Balaban J connectivity index is 1.87. The molecule has 1 aromatic heterocycles. The smallest absolute Gasteiger partial charge is 0.319 e. The van der Waals surface area contributed by atoms with Crippen molar-refractivity contribution in [2.24, 2.45) is 0 Å². The topological polar surface area (TPSA) is 56.3 Å². The second-order valence-corrected chi connectivity index (χ2v) is 4.73. The van der Waals surface area contributed by atoms with Crippen LogP contribution in [0.3, 0.4) is 0 Å². The Morgan fingerprint density at radius 2 is 2.00 bits per heavy atom. The molecule has 1 N–H and O–H groups in total. The Morgan fingerprint density at radius 3 is 2.55 bits per heavy atom. The average Bonchev–Trinajstić information content (AvgIpc) is 2.45. The van der Waals surface area contributed by atoms with E-state index in [9.17, 15) is 0 Å². The number of nitrogens with one attached hydrogen (secondary N) is 1. The van der Waals surface area contributed by atoms with Gasteiger partial charge in [-0.15, -0.1) is 0 Å². The van der Waals surface area contributed by atoms with E-state index in [2.05, 4.69) is 27.4 Å². The number of hydrogen-bond acceptors (Lipinski definition) is 5. The van der Waals surface area contributed by atoms with Gasteiger partial charge in [-0.2, -0.15) is 4.98 Å². The molecule has 0 atom stereocenters. The van der Waals surface area contributed by atoms with Crippen LogP contribution in [0.2, 0.25) is 0 Å². The fourth-order valence-electron chi connectivity index (χ4n) is 2.24. The summed E-state index contributed by atoms with van der Waals surface area (Å²) in [4.78, 5) is 8.33. The Hall–Kier alpha value is -2.30. The maximum Gasteiger partial charge on any atom is 0.319 e. The van der Waals surface area contributed by atoms with Crippen molar-refractivity contribution in [2.75, 3.05) is 14.2 Å². The zero-order valence-electron chi connectivity index (χ0n) is 11.6. The molecule has 1 aliphatic heterocycles. The Morgan fingerprint density at radius 1 is 1.15 bits per heavy atom. The number of methoxy groups -OCH3 is 2. The van der Waals surface area contributed by atoms with Gasteiger partial charge in [0.2, 0.25) is 5.88 Å². The zero-order valence-corrected chi connectivity index (χ0v) is 11.6. The number of ether oxygens (including phenoxy) is 2. The number of dihydropyridines is 1. The van der Waals surface area contributed by atoms with Crippen LogP contribution in [0, 0.1) is 0 Å². The van der Waals surface area contributed by atoms with Crippen LogP contribution in [-0.4, -0.2) is 24.2 Å². The van der Waals surface area contributed by atoms with E-state index in [0.29, 0.717) is 11.9 Å². The van der Waals surface area contributed by atoms with Crippen molar-refractivity contribution in [1.29, 1.82) is 0 Å². The molecule has 1 aromatic rings. The lowest BCUT2D eigenvalue weighted by Gasteiger charge is -2.22. The highest BCUT2D eigenvalue weighted by Crippen LogP contribution is 2.32. The lowest BCUT2D eigenvalue weighted by Crippen LogP contribution is -2.14. The SMILES string of the molecule is COc1ncc(C2=CNC(=C3CCC3)C=C2)c(OC)n1. The third-order valence-electron chi connectivity index (χ3n) is 3.57. The predicted molar refractivity (Wildman–Crippen MR) is 76.3 cm³/mol. The van der Waals surface area contributed by atoms with Gasteiger partial charge in [0, 0.05) is 23.7 Å². The fraction of sp³-hybridized carbons (Fsp3) is 0.333. The van der Waals surface area contributed by atoms with Crippen molar-refractivity contribution < 1.29 is 9.47 Å². The maximum atomic E-state index is 5.30. The summed E-state index contributed by atoms with van der Waals surface area (Å²) in [6, 6.07) is 0.302. The van der Waals surface area contributed by atoms with Gasteiger partial charge < -0.3 is 14.8 Å². The first kappa shape index (κ1) is 12.7. The fourth-order valence-corrected chi connectivity index (χ4v) is 2.24. The summed E-state index contributed by atoms with van der Waals surface area (Å²) < 4.78 is 10.3. The van der Waals surface area contributed by atoms with E-state index in [0.717, 1.165) is 11.1 Å². The summed E-state index contributed by atoms with van der Waals surface area (Å²) in [6.45, 7) is 0. The number of aromatic nitrogens is 2. The summed E-state index contributed by atoms with van der Waals surface area (Å²) in [5.74, 6) is 0.509. The molecular formula is C15H17N3O2. The van der Waals surface area contributed by atoms with Crippen LogP contribution < -0.4 is 14.8 Å². The van der Waals surface area contributed by atoms with Crippen molar-refractivity contribution in [3.05, 3.63) is 41.4 Å². The normalized spacial score (nSPS) is 17.2. The zero-order chi connectivity index (χ0) is 13.9. The highest BCUT2D eigenvalue weighted by Gasteiger charge is 2.16. The van der Waals surface area contributed by atoms with Gasteiger partial charge in [-0.25, -0.2) is 4.98 Å². The third kappa shape index (κ3) is 2.27. The first-order valence-corrected chi connectivity index (χ1v) is 6.64. The molecule has 1 aliphatic carbocycles.